The monoisotopic (exact) mass is 446 g/mol. The second-order valence-corrected chi connectivity index (χ2v) is 7.51. The summed E-state index contributed by atoms with van der Waals surface area (Å²) in [7, 11) is 0. The Hall–Kier alpha value is -4.34. The zero-order chi connectivity index (χ0) is 23.4. The minimum atomic E-state index is -0.858. The van der Waals surface area contributed by atoms with E-state index in [2.05, 4.69) is 20.3 Å². The molecular weight excluding hydrogens is 424 g/mol. The van der Waals surface area contributed by atoms with Crippen molar-refractivity contribution in [3.8, 4) is 11.6 Å². The number of pyridine rings is 2. The molecule has 3 heterocycles. The largest absolute Gasteiger partial charge is 0.505 e. The van der Waals surface area contributed by atoms with Gasteiger partial charge in [-0.3, -0.25) is 24.5 Å². The average Bonchev–Trinajstić information content (AvgIpc) is 3.37. The van der Waals surface area contributed by atoms with E-state index in [1.165, 1.54) is 18.3 Å². The van der Waals surface area contributed by atoms with E-state index in [0.29, 0.717) is 24.2 Å². The summed E-state index contributed by atoms with van der Waals surface area (Å²) in [5.74, 6) is 0.155. The van der Waals surface area contributed by atoms with Crippen LogP contribution in [0, 0.1) is 10.1 Å². The molecule has 3 aromatic heterocycles. The van der Waals surface area contributed by atoms with Crippen LogP contribution >= 0.6 is 0 Å². The number of nitro groups is 1. The van der Waals surface area contributed by atoms with Crippen LogP contribution in [0.4, 0.5) is 5.69 Å². The number of rotatable bonds is 8. The summed E-state index contributed by atoms with van der Waals surface area (Å²) in [4.78, 5) is 36.4. The van der Waals surface area contributed by atoms with Crippen LogP contribution in [0.5, 0.6) is 5.75 Å². The normalized spacial score (nSPS) is 11.9. The zero-order valence-electron chi connectivity index (χ0n) is 17.9. The molecule has 0 fully saturated rings. The maximum Gasteiger partial charge on any atom is 0.279 e. The quantitative estimate of drug-likeness (QED) is 0.310. The molecule has 0 saturated carbocycles. The van der Waals surface area contributed by atoms with E-state index >= 15 is 0 Å². The number of imidazole rings is 1. The van der Waals surface area contributed by atoms with Crippen molar-refractivity contribution in [2.75, 3.05) is 0 Å². The number of benzene rings is 1. The van der Waals surface area contributed by atoms with Gasteiger partial charge in [0.15, 0.2) is 0 Å². The number of aromatic hydroxyl groups is 1. The van der Waals surface area contributed by atoms with Crippen molar-refractivity contribution in [2.24, 2.45) is 0 Å². The van der Waals surface area contributed by atoms with E-state index in [9.17, 15) is 20.0 Å². The summed E-state index contributed by atoms with van der Waals surface area (Å²) in [5.41, 5.74) is 0.623. The molecule has 1 unspecified atom stereocenters. The molecule has 4 aromatic rings. The van der Waals surface area contributed by atoms with Gasteiger partial charge in [-0.15, -0.1) is 0 Å². The lowest BCUT2D eigenvalue weighted by atomic mass is 9.96. The molecule has 0 saturated heterocycles. The smallest absolute Gasteiger partial charge is 0.279 e. The number of non-ortho nitro benzene ring substituents is 1. The minimum absolute atomic E-state index is 0.0949. The number of amides is 1. The Morgan fingerprint density at radius 2 is 2.12 bits per heavy atom. The van der Waals surface area contributed by atoms with Gasteiger partial charge in [-0.1, -0.05) is 19.4 Å². The molecule has 168 valence electrons. The highest BCUT2D eigenvalue weighted by Gasteiger charge is 2.27. The Kier molecular flexibility index (Phi) is 6.25. The number of fused-ring (bicyclic) bond motifs is 1. The van der Waals surface area contributed by atoms with E-state index in [1.807, 2.05) is 6.92 Å². The number of hydrogen-bond donors (Lipinski definition) is 2. The van der Waals surface area contributed by atoms with E-state index in [1.54, 1.807) is 47.7 Å². The Morgan fingerprint density at radius 3 is 2.79 bits per heavy atom. The number of hydrogen-bond acceptors (Lipinski definition) is 7. The van der Waals surface area contributed by atoms with Crippen LogP contribution in [0.15, 0.2) is 61.4 Å². The first-order chi connectivity index (χ1) is 16.0. The van der Waals surface area contributed by atoms with Crippen molar-refractivity contribution < 1.29 is 14.8 Å². The van der Waals surface area contributed by atoms with E-state index in [0.717, 1.165) is 6.42 Å². The van der Waals surface area contributed by atoms with Gasteiger partial charge in [0.2, 0.25) is 5.91 Å². The van der Waals surface area contributed by atoms with E-state index < -0.39 is 11.0 Å². The zero-order valence-corrected chi connectivity index (χ0v) is 17.9. The molecule has 33 heavy (non-hydrogen) atoms. The number of phenolic OH excluding ortho intramolecular Hbond substituents is 1. The van der Waals surface area contributed by atoms with Gasteiger partial charge >= 0.3 is 0 Å². The average molecular weight is 446 g/mol. The van der Waals surface area contributed by atoms with Crippen molar-refractivity contribution in [1.82, 2.24) is 24.8 Å². The van der Waals surface area contributed by atoms with Crippen molar-refractivity contribution in [3.63, 3.8) is 0 Å². The Bertz CT molecular complexity index is 1290. The van der Waals surface area contributed by atoms with Crippen LogP contribution in [0.2, 0.25) is 0 Å². The lowest BCUT2D eigenvalue weighted by Crippen LogP contribution is -2.29. The number of carbonyl (C=O) groups is 1. The van der Waals surface area contributed by atoms with Gasteiger partial charge in [-0.25, -0.2) is 9.97 Å². The molecule has 4 rings (SSSR count). The molecule has 1 amide bonds. The van der Waals surface area contributed by atoms with Crippen molar-refractivity contribution in [2.45, 2.75) is 32.2 Å². The van der Waals surface area contributed by atoms with Crippen molar-refractivity contribution in [3.05, 3.63) is 82.7 Å². The summed E-state index contributed by atoms with van der Waals surface area (Å²) >= 11 is 0. The molecule has 0 aliphatic rings. The highest BCUT2D eigenvalue weighted by atomic mass is 16.6. The maximum absolute atomic E-state index is 12.6. The number of phenols is 1. The van der Waals surface area contributed by atoms with Crippen molar-refractivity contribution in [1.29, 1.82) is 0 Å². The SMILES string of the molecule is CCCCC(=O)NC(c1ccc(-n2ccnc2)nc1)c1cc([N+](=O)[O-])c2cccnc2c1O. The van der Waals surface area contributed by atoms with Crippen LogP contribution in [-0.4, -0.2) is 35.5 Å². The maximum atomic E-state index is 12.6. The summed E-state index contributed by atoms with van der Waals surface area (Å²) in [6.45, 7) is 1.98. The third-order valence-corrected chi connectivity index (χ3v) is 5.32. The van der Waals surface area contributed by atoms with Gasteiger partial charge in [-0.2, -0.15) is 0 Å². The van der Waals surface area contributed by atoms with Gasteiger partial charge in [0.05, 0.1) is 16.4 Å². The first-order valence-electron chi connectivity index (χ1n) is 10.5. The molecule has 0 bridgehead atoms. The highest BCUT2D eigenvalue weighted by Crippen LogP contribution is 2.39. The van der Waals surface area contributed by atoms with Crippen LogP contribution in [-0.2, 0) is 4.79 Å². The second-order valence-electron chi connectivity index (χ2n) is 7.51. The number of unbranched alkanes of at least 4 members (excludes halogenated alkanes) is 1. The van der Waals surface area contributed by atoms with E-state index in [4.69, 9.17) is 0 Å². The fourth-order valence-corrected chi connectivity index (χ4v) is 3.63. The Balaban J connectivity index is 1.83. The number of carbonyl (C=O) groups excluding carboxylic acids is 1. The summed E-state index contributed by atoms with van der Waals surface area (Å²) in [6, 6.07) is 7.02. The molecular formula is C23H22N6O4. The molecule has 1 aromatic carbocycles. The van der Waals surface area contributed by atoms with Crippen LogP contribution < -0.4 is 5.32 Å². The van der Waals surface area contributed by atoms with Crippen LogP contribution in [0.1, 0.15) is 43.4 Å². The van der Waals surface area contributed by atoms with Gasteiger partial charge in [-0.05, 0) is 30.2 Å². The summed E-state index contributed by atoms with van der Waals surface area (Å²) in [6.07, 6.45) is 9.83. The molecule has 10 nitrogen and oxygen atoms in total. The molecule has 10 heteroatoms. The third-order valence-electron chi connectivity index (χ3n) is 5.32. The predicted octanol–water partition coefficient (Wildman–Crippen LogP) is 3.83. The molecule has 0 spiro atoms. The van der Waals surface area contributed by atoms with Gasteiger partial charge in [0.25, 0.3) is 5.69 Å². The van der Waals surface area contributed by atoms with Crippen LogP contribution in [0.3, 0.4) is 0 Å². The lowest BCUT2D eigenvalue weighted by Gasteiger charge is -2.21. The molecule has 0 radical (unpaired) electrons. The molecule has 1 atom stereocenters. The number of nitrogens with one attached hydrogen (secondary N) is 1. The predicted molar refractivity (Wildman–Crippen MR) is 121 cm³/mol. The van der Waals surface area contributed by atoms with E-state index in [-0.39, 0.29) is 33.8 Å². The van der Waals surface area contributed by atoms with Gasteiger partial charge in [0, 0.05) is 42.8 Å². The Labute approximate surface area is 189 Å². The summed E-state index contributed by atoms with van der Waals surface area (Å²) < 4.78 is 1.72. The Morgan fingerprint density at radius 1 is 1.27 bits per heavy atom. The summed E-state index contributed by atoms with van der Waals surface area (Å²) in [5, 5.41) is 25.9. The second kappa shape index (κ2) is 9.43. The first kappa shape index (κ1) is 21.9. The molecule has 0 aliphatic carbocycles. The van der Waals surface area contributed by atoms with Crippen molar-refractivity contribution >= 4 is 22.5 Å². The number of nitrogens with zero attached hydrogens (tertiary/aromatic N) is 5. The highest BCUT2D eigenvalue weighted by molar-refractivity contribution is 5.94. The lowest BCUT2D eigenvalue weighted by molar-refractivity contribution is -0.383. The standard InChI is InChI=1S/C23H22N6O4/c1-2-3-6-20(30)27-21(15-7-8-19(26-13-15)28-11-10-24-14-28)17-12-18(29(32)33)16-5-4-9-25-22(16)23(17)31/h4-5,7-14,21,31H,2-3,6H2,1H3,(H,27,30). The fraction of sp³-hybridized carbons (Fsp3) is 0.217. The molecule has 2 N–H and O–H groups in total. The molecule has 0 aliphatic heterocycles. The third kappa shape index (κ3) is 4.49. The fourth-order valence-electron chi connectivity index (χ4n) is 3.63. The minimum Gasteiger partial charge on any atom is -0.505 e. The van der Waals surface area contributed by atoms with Crippen LogP contribution in [0.25, 0.3) is 16.7 Å². The number of nitro benzene ring substituents is 1. The number of aromatic nitrogens is 4. The topological polar surface area (TPSA) is 136 Å². The van der Waals surface area contributed by atoms with Gasteiger partial charge < -0.3 is 10.4 Å². The van der Waals surface area contributed by atoms with Gasteiger partial charge in [0.1, 0.15) is 23.4 Å². The first-order valence-corrected chi connectivity index (χ1v) is 10.5.